The van der Waals surface area contributed by atoms with Gasteiger partial charge in [-0.1, -0.05) is 0 Å². The Labute approximate surface area is 67.8 Å². The van der Waals surface area contributed by atoms with Crippen molar-refractivity contribution in [3.63, 3.8) is 0 Å². The van der Waals surface area contributed by atoms with E-state index in [4.69, 9.17) is 25.5 Å². The first-order valence-corrected chi connectivity index (χ1v) is 3.15. The van der Waals surface area contributed by atoms with E-state index < -0.39 is 29.1 Å². The molecule has 0 amide bonds. The monoisotopic (exact) mass is 172 g/mol. The molecule has 0 atom stereocenters. The largest absolute Gasteiger partial charge is 0.504 e. The Balaban J connectivity index is 3.18. The quantitative estimate of drug-likeness (QED) is 0.367. The zero-order chi connectivity index (χ0) is 9.30. The first-order chi connectivity index (χ1) is 5.52. The zero-order valence-corrected chi connectivity index (χ0v) is 5.97. The third-order valence-electron chi connectivity index (χ3n) is 1.37. The van der Waals surface area contributed by atoms with Gasteiger partial charge in [0.25, 0.3) is 0 Å². The molecule has 0 bridgehead atoms. The van der Waals surface area contributed by atoms with Gasteiger partial charge in [-0.25, -0.2) is 0 Å². The molecule has 5 nitrogen and oxygen atoms in total. The molecular weight excluding hydrogens is 164 g/mol. The number of hydrogen-bond donors (Lipinski definition) is 5. The van der Waals surface area contributed by atoms with E-state index in [1.165, 1.54) is 0 Å². The lowest BCUT2D eigenvalue weighted by atomic mass is 10.3. The average molecular weight is 172 g/mol. The molecule has 0 unspecified atom stereocenters. The topological polar surface area (TPSA) is 101 Å². The van der Waals surface area contributed by atoms with Crippen LogP contribution in [0.5, 0.6) is 0 Å². The molecule has 5 N–H and O–H groups in total. The molecule has 0 aromatic carbocycles. The molecule has 1 rings (SSSR count). The first kappa shape index (κ1) is 8.48. The van der Waals surface area contributed by atoms with Crippen LogP contribution in [-0.4, -0.2) is 31.6 Å². The SMILES string of the molecule is OC1=CC(O)C=C(O)C(O)=C1O. The maximum Gasteiger partial charge on any atom is 0.204 e. The molecule has 1 aliphatic carbocycles. The van der Waals surface area contributed by atoms with E-state index in [0.717, 1.165) is 12.2 Å². The van der Waals surface area contributed by atoms with Crippen molar-refractivity contribution >= 4 is 0 Å². The molecule has 0 saturated carbocycles. The third-order valence-corrected chi connectivity index (χ3v) is 1.37. The van der Waals surface area contributed by atoms with Gasteiger partial charge in [-0.15, -0.1) is 0 Å². The predicted octanol–water partition coefficient (Wildman–Crippen LogP) is 0.572. The normalized spacial score (nSPS) is 20.1. The second kappa shape index (κ2) is 2.78. The van der Waals surface area contributed by atoms with Gasteiger partial charge in [0.1, 0.15) is 0 Å². The average Bonchev–Trinajstić information content (AvgIpc) is 2.05. The van der Waals surface area contributed by atoms with Crippen molar-refractivity contribution in [3.8, 4) is 0 Å². The van der Waals surface area contributed by atoms with Crippen LogP contribution in [0, 0.1) is 0 Å². The second-order valence-corrected chi connectivity index (χ2v) is 2.29. The van der Waals surface area contributed by atoms with Gasteiger partial charge in [-0.05, 0) is 12.2 Å². The summed E-state index contributed by atoms with van der Waals surface area (Å²) in [5, 5.41) is 44.6. The maximum atomic E-state index is 8.94. The van der Waals surface area contributed by atoms with E-state index in [2.05, 4.69) is 0 Å². The summed E-state index contributed by atoms with van der Waals surface area (Å²) in [5.74, 6) is -3.08. The Morgan fingerprint density at radius 1 is 0.833 bits per heavy atom. The molecule has 0 fully saturated rings. The molecule has 0 heterocycles. The molecule has 0 spiro atoms. The van der Waals surface area contributed by atoms with E-state index in [1.807, 2.05) is 0 Å². The fraction of sp³-hybridized carbons (Fsp3) is 0.143. The van der Waals surface area contributed by atoms with Crippen LogP contribution in [0.25, 0.3) is 0 Å². The minimum absolute atomic E-state index is 0.680. The first-order valence-electron chi connectivity index (χ1n) is 3.15. The predicted molar refractivity (Wildman–Crippen MR) is 39.7 cm³/mol. The summed E-state index contributed by atoms with van der Waals surface area (Å²) in [5.41, 5.74) is 0. The summed E-state index contributed by atoms with van der Waals surface area (Å²) >= 11 is 0. The molecule has 0 radical (unpaired) electrons. The van der Waals surface area contributed by atoms with Crippen LogP contribution in [0.15, 0.2) is 35.2 Å². The molecule has 1 aliphatic rings. The van der Waals surface area contributed by atoms with E-state index in [0.29, 0.717) is 0 Å². The Kier molecular flexibility index (Phi) is 1.97. The van der Waals surface area contributed by atoms with Gasteiger partial charge >= 0.3 is 0 Å². The van der Waals surface area contributed by atoms with E-state index >= 15 is 0 Å². The van der Waals surface area contributed by atoms with Crippen molar-refractivity contribution in [2.45, 2.75) is 6.10 Å². The van der Waals surface area contributed by atoms with Crippen LogP contribution < -0.4 is 0 Å². The molecule has 0 aliphatic heterocycles. The fourth-order valence-electron chi connectivity index (χ4n) is 0.772. The lowest BCUT2D eigenvalue weighted by Crippen LogP contribution is -1.98. The van der Waals surface area contributed by atoms with Crippen LogP contribution in [0.3, 0.4) is 0 Å². The summed E-state index contributed by atoms with van der Waals surface area (Å²) in [6.45, 7) is 0. The van der Waals surface area contributed by atoms with Crippen molar-refractivity contribution in [3.05, 3.63) is 35.2 Å². The minimum Gasteiger partial charge on any atom is -0.504 e. The van der Waals surface area contributed by atoms with Crippen LogP contribution in [0.1, 0.15) is 0 Å². The number of rotatable bonds is 0. The molecular formula is C7H8O5. The standard InChI is InChI=1S/C7H8O5/c8-3-1-4(9)6(11)7(12)5(10)2-3/h1-3,8-12H. The van der Waals surface area contributed by atoms with Crippen LogP contribution in [-0.2, 0) is 0 Å². The van der Waals surface area contributed by atoms with Crippen molar-refractivity contribution < 1.29 is 25.5 Å². The van der Waals surface area contributed by atoms with Crippen LogP contribution in [0.4, 0.5) is 0 Å². The molecule has 0 saturated heterocycles. The number of aliphatic hydroxyl groups excluding tert-OH is 5. The van der Waals surface area contributed by atoms with Gasteiger partial charge in [-0.2, -0.15) is 0 Å². The smallest absolute Gasteiger partial charge is 0.204 e. The Bertz CT molecular complexity index is 258. The summed E-state index contributed by atoms with van der Waals surface area (Å²) < 4.78 is 0. The Morgan fingerprint density at radius 3 is 1.50 bits per heavy atom. The molecule has 0 aromatic rings. The van der Waals surface area contributed by atoms with Crippen molar-refractivity contribution in [2.24, 2.45) is 0 Å². The van der Waals surface area contributed by atoms with Crippen molar-refractivity contribution in [1.29, 1.82) is 0 Å². The van der Waals surface area contributed by atoms with Crippen molar-refractivity contribution in [1.82, 2.24) is 0 Å². The van der Waals surface area contributed by atoms with Gasteiger partial charge in [0.05, 0.1) is 6.10 Å². The Morgan fingerprint density at radius 2 is 1.17 bits per heavy atom. The Hall–Kier alpha value is -1.62. The van der Waals surface area contributed by atoms with Crippen LogP contribution >= 0.6 is 0 Å². The minimum atomic E-state index is -1.24. The number of hydrogen-bond acceptors (Lipinski definition) is 5. The second-order valence-electron chi connectivity index (χ2n) is 2.29. The highest BCUT2D eigenvalue weighted by atomic mass is 16.4. The molecule has 12 heavy (non-hydrogen) atoms. The highest BCUT2D eigenvalue weighted by Crippen LogP contribution is 2.18. The third kappa shape index (κ3) is 1.35. The van der Waals surface area contributed by atoms with Gasteiger partial charge in [0.2, 0.25) is 11.5 Å². The van der Waals surface area contributed by atoms with Gasteiger partial charge in [-0.3, -0.25) is 0 Å². The van der Waals surface area contributed by atoms with Crippen LogP contribution in [0.2, 0.25) is 0 Å². The van der Waals surface area contributed by atoms with Gasteiger partial charge in [0.15, 0.2) is 11.5 Å². The molecule has 0 aromatic heterocycles. The lowest BCUT2D eigenvalue weighted by Gasteiger charge is -1.99. The number of aliphatic hydroxyl groups is 5. The maximum absolute atomic E-state index is 8.94. The summed E-state index contributed by atoms with van der Waals surface area (Å²) in [4.78, 5) is 0. The molecule has 66 valence electrons. The summed E-state index contributed by atoms with van der Waals surface area (Å²) in [7, 11) is 0. The van der Waals surface area contributed by atoms with Gasteiger partial charge < -0.3 is 25.5 Å². The van der Waals surface area contributed by atoms with E-state index in [-0.39, 0.29) is 0 Å². The van der Waals surface area contributed by atoms with E-state index in [1.54, 1.807) is 0 Å². The summed E-state index contributed by atoms with van der Waals surface area (Å²) in [6, 6.07) is 0. The fourth-order valence-corrected chi connectivity index (χ4v) is 0.772. The highest BCUT2D eigenvalue weighted by molar-refractivity contribution is 5.35. The summed E-state index contributed by atoms with van der Waals surface area (Å²) in [6.07, 6.45) is 0.501. The van der Waals surface area contributed by atoms with Gasteiger partial charge in [0, 0.05) is 0 Å². The highest BCUT2D eigenvalue weighted by Gasteiger charge is 2.18. The zero-order valence-electron chi connectivity index (χ0n) is 5.97. The lowest BCUT2D eigenvalue weighted by molar-refractivity contribution is 0.255. The van der Waals surface area contributed by atoms with E-state index in [9.17, 15) is 0 Å². The molecule has 5 heteroatoms. The van der Waals surface area contributed by atoms with Crippen molar-refractivity contribution in [2.75, 3.05) is 0 Å².